The van der Waals surface area contributed by atoms with Gasteiger partial charge in [0, 0.05) is 5.69 Å². The second-order valence-electron chi connectivity index (χ2n) is 7.19. The summed E-state index contributed by atoms with van der Waals surface area (Å²) in [5.41, 5.74) is 2.74. The Bertz CT molecular complexity index is 1180. The van der Waals surface area contributed by atoms with E-state index in [-0.39, 0.29) is 11.2 Å². The third-order valence-corrected chi connectivity index (χ3v) is 6.02. The van der Waals surface area contributed by atoms with E-state index in [0.717, 1.165) is 22.6 Å². The third kappa shape index (κ3) is 5.00. The number of ether oxygens (including phenoxy) is 1. The number of hydrogen-bond acceptors (Lipinski definition) is 5. The lowest BCUT2D eigenvalue weighted by Crippen LogP contribution is -2.23. The highest BCUT2D eigenvalue weighted by atomic mass is 32.2. The Hall–Kier alpha value is -3.58. The van der Waals surface area contributed by atoms with Gasteiger partial charge < -0.3 is 10.1 Å². The molecule has 32 heavy (non-hydrogen) atoms. The molecule has 0 radical (unpaired) electrons. The molecule has 4 rings (SSSR count). The molecule has 1 amide bonds. The number of anilines is 1. The van der Waals surface area contributed by atoms with Gasteiger partial charge in [-0.15, -0.1) is 10.2 Å². The molecular formula is C25H24N4O2S. The molecule has 0 saturated heterocycles. The molecule has 0 aliphatic carbocycles. The number of rotatable bonds is 8. The van der Waals surface area contributed by atoms with Gasteiger partial charge in [0.25, 0.3) is 0 Å². The lowest BCUT2D eigenvalue weighted by Gasteiger charge is -2.15. The van der Waals surface area contributed by atoms with Crippen molar-refractivity contribution in [2.75, 3.05) is 12.4 Å². The number of nitrogens with one attached hydrogen (secondary N) is 1. The van der Waals surface area contributed by atoms with E-state index in [4.69, 9.17) is 4.74 Å². The monoisotopic (exact) mass is 444 g/mol. The summed E-state index contributed by atoms with van der Waals surface area (Å²) < 4.78 is 7.58. The zero-order chi connectivity index (χ0) is 22.3. The second-order valence-corrected chi connectivity index (χ2v) is 8.50. The molecule has 0 unspecified atom stereocenters. The number of para-hydroxylation sites is 2. The molecule has 162 valence electrons. The first kappa shape index (κ1) is 21.6. The average Bonchev–Trinajstić information content (AvgIpc) is 3.22. The van der Waals surface area contributed by atoms with Gasteiger partial charge in [-0.3, -0.25) is 9.36 Å². The minimum absolute atomic E-state index is 0.0886. The number of carbonyl (C=O) groups is 1. The van der Waals surface area contributed by atoms with E-state index in [9.17, 15) is 4.79 Å². The Balaban J connectivity index is 1.64. The fourth-order valence-corrected chi connectivity index (χ4v) is 4.14. The van der Waals surface area contributed by atoms with Crippen molar-refractivity contribution in [1.82, 2.24) is 14.8 Å². The highest BCUT2D eigenvalue weighted by Gasteiger charge is 2.22. The fourth-order valence-electron chi connectivity index (χ4n) is 3.29. The van der Waals surface area contributed by atoms with E-state index in [1.165, 1.54) is 11.8 Å². The van der Waals surface area contributed by atoms with Crippen LogP contribution in [0.2, 0.25) is 0 Å². The largest absolute Gasteiger partial charge is 0.496 e. The fraction of sp³-hybridized carbons (Fsp3) is 0.160. The van der Waals surface area contributed by atoms with Gasteiger partial charge in [-0.05, 0) is 36.8 Å². The van der Waals surface area contributed by atoms with Crippen LogP contribution in [-0.2, 0) is 11.3 Å². The van der Waals surface area contributed by atoms with Crippen molar-refractivity contribution < 1.29 is 9.53 Å². The minimum Gasteiger partial charge on any atom is -0.496 e. The normalized spacial score (nSPS) is 11.7. The molecule has 0 bridgehead atoms. The lowest BCUT2D eigenvalue weighted by molar-refractivity contribution is -0.115. The molecule has 0 aliphatic heterocycles. The Morgan fingerprint density at radius 1 is 0.969 bits per heavy atom. The predicted molar refractivity (Wildman–Crippen MR) is 128 cm³/mol. The van der Waals surface area contributed by atoms with E-state index in [2.05, 4.69) is 27.6 Å². The van der Waals surface area contributed by atoms with Crippen molar-refractivity contribution in [3.05, 3.63) is 90.5 Å². The van der Waals surface area contributed by atoms with Gasteiger partial charge in [-0.1, -0.05) is 72.4 Å². The highest BCUT2D eigenvalue weighted by Crippen LogP contribution is 2.32. The number of aromatic nitrogens is 3. The molecular weight excluding hydrogens is 420 g/mol. The first-order valence-corrected chi connectivity index (χ1v) is 11.2. The number of amides is 1. The first-order valence-electron chi connectivity index (χ1n) is 10.3. The van der Waals surface area contributed by atoms with Gasteiger partial charge in [0.05, 0.1) is 24.5 Å². The van der Waals surface area contributed by atoms with Crippen LogP contribution in [0.1, 0.15) is 12.5 Å². The molecule has 7 heteroatoms. The molecule has 0 spiro atoms. The van der Waals surface area contributed by atoms with Crippen molar-refractivity contribution in [3.8, 4) is 17.1 Å². The Kier molecular flexibility index (Phi) is 6.87. The van der Waals surface area contributed by atoms with Crippen LogP contribution in [-0.4, -0.2) is 33.0 Å². The number of hydrogen-bond donors (Lipinski definition) is 1. The van der Waals surface area contributed by atoms with E-state index < -0.39 is 0 Å². The van der Waals surface area contributed by atoms with Crippen LogP contribution in [0, 0.1) is 0 Å². The molecule has 0 aliphatic rings. The number of nitrogens with zero attached hydrogens (tertiary/aromatic N) is 3. The van der Waals surface area contributed by atoms with Crippen molar-refractivity contribution in [1.29, 1.82) is 0 Å². The summed E-state index contributed by atoms with van der Waals surface area (Å²) in [5.74, 6) is 1.33. The first-order chi connectivity index (χ1) is 15.7. The zero-order valence-corrected chi connectivity index (χ0v) is 18.8. The quantitative estimate of drug-likeness (QED) is 0.382. The zero-order valence-electron chi connectivity index (χ0n) is 17.9. The van der Waals surface area contributed by atoms with Crippen LogP contribution in [0.4, 0.5) is 5.69 Å². The molecule has 0 saturated carbocycles. The van der Waals surface area contributed by atoms with Crippen LogP contribution in [0.3, 0.4) is 0 Å². The van der Waals surface area contributed by atoms with Crippen LogP contribution in [0.15, 0.2) is 90.1 Å². The van der Waals surface area contributed by atoms with Gasteiger partial charge in [0.15, 0.2) is 11.0 Å². The summed E-state index contributed by atoms with van der Waals surface area (Å²) in [6.07, 6.45) is 0. The van der Waals surface area contributed by atoms with E-state index in [0.29, 0.717) is 17.5 Å². The van der Waals surface area contributed by atoms with E-state index in [1.807, 2.05) is 84.3 Å². The molecule has 1 N–H and O–H groups in total. The number of carbonyl (C=O) groups excluding carboxylic acids is 1. The van der Waals surface area contributed by atoms with Crippen LogP contribution in [0.25, 0.3) is 11.4 Å². The van der Waals surface area contributed by atoms with Gasteiger partial charge in [-0.25, -0.2) is 0 Å². The SMILES string of the molecule is COc1ccccc1-c1nnc(S[C@H](C)C(=O)Nc2ccccc2)n1Cc1ccccc1. The van der Waals surface area contributed by atoms with Crippen molar-refractivity contribution in [2.24, 2.45) is 0 Å². The van der Waals surface area contributed by atoms with E-state index in [1.54, 1.807) is 7.11 Å². The number of methoxy groups -OCH3 is 1. The van der Waals surface area contributed by atoms with Crippen LogP contribution >= 0.6 is 11.8 Å². The Labute approximate surface area is 191 Å². The lowest BCUT2D eigenvalue weighted by atomic mass is 10.1. The molecule has 6 nitrogen and oxygen atoms in total. The Morgan fingerprint density at radius 3 is 2.34 bits per heavy atom. The van der Waals surface area contributed by atoms with Crippen LogP contribution < -0.4 is 10.1 Å². The smallest absolute Gasteiger partial charge is 0.237 e. The summed E-state index contributed by atoms with van der Waals surface area (Å²) in [6.45, 7) is 2.45. The average molecular weight is 445 g/mol. The van der Waals surface area contributed by atoms with Crippen molar-refractivity contribution in [3.63, 3.8) is 0 Å². The van der Waals surface area contributed by atoms with Gasteiger partial charge in [0.2, 0.25) is 5.91 Å². The molecule has 1 atom stereocenters. The van der Waals surface area contributed by atoms with Gasteiger partial charge in [0.1, 0.15) is 5.75 Å². The standard InChI is InChI=1S/C25H24N4O2S/c1-18(24(30)26-20-13-7-4-8-14-20)32-25-28-27-23(21-15-9-10-16-22(21)31-2)29(25)17-19-11-5-3-6-12-19/h3-16,18H,17H2,1-2H3,(H,26,30)/t18-/m1/s1. The van der Waals surface area contributed by atoms with Crippen molar-refractivity contribution in [2.45, 2.75) is 23.9 Å². The number of thioether (sulfide) groups is 1. The maximum absolute atomic E-state index is 12.8. The van der Waals surface area contributed by atoms with Crippen LogP contribution in [0.5, 0.6) is 5.75 Å². The van der Waals surface area contributed by atoms with Gasteiger partial charge >= 0.3 is 0 Å². The predicted octanol–water partition coefficient (Wildman–Crippen LogP) is 5.12. The summed E-state index contributed by atoms with van der Waals surface area (Å²) in [7, 11) is 1.64. The summed E-state index contributed by atoms with van der Waals surface area (Å²) in [4.78, 5) is 12.8. The number of benzene rings is 3. The summed E-state index contributed by atoms with van der Waals surface area (Å²) in [6, 6.07) is 27.3. The highest BCUT2D eigenvalue weighted by molar-refractivity contribution is 8.00. The molecule has 3 aromatic carbocycles. The van der Waals surface area contributed by atoms with Gasteiger partial charge in [-0.2, -0.15) is 0 Å². The maximum Gasteiger partial charge on any atom is 0.237 e. The van der Waals surface area contributed by atoms with Crippen molar-refractivity contribution >= 4 is 23.4 Å². The second kappa shape index (κ2) is 10.2. The topological polar surface area (TPSA) is 69.0 Å². The molecule has 1 aromatic heterocycles. The maximum atomic E-state index is 12.8. The molecule has 0 fully saturated rings. The minimum atomic E-state index is -0.362. The molecule has 1 heterocycles. The third-order valence-electron chi connectivity index (χ3n) is 4.94. The Morgan fingerprint density at radius 2 is 1.62 bits per heavy atom. The van der Waals surface area contributed by atoms with E-state index >= 15 is 0 Å². The summed E-state index contributed by atoms with van der Waals surface area (Å²) in [5, 5.41) is 12.2. The summed E-state index contributed by atoms with van der Waals surface area (Å²) >= 11 is 1.38. The molecule has 4 aromatic rings.